The average Bonchev–Trinajstić information content (AvgIpc) is 2.29. The van der Waals surface area contributed by atoms with Crippen LogP contribution in [0, 0.1) is 0 Å². The van der Waals surface area contributed by atoms with Crippen LogP contribution in [0.25, 0.3) is 0 Å². The predicted octanol–water partition coefficient (Wildman–Crippen LogP) is 1.47. The molecule has 5 heteroatoms. The van der Waals surface area contributed by atoms with Crippen LogP contribution in [0.5, 0.6) is 0 Å². The van der Waals surface area contributed by atoms with Gasteiger partial charge in [0.05, 0.1) is 7.11 Å². The maximum absolute atomic E-state index is 10.2. The van der Waals surface area contributed by atoms with Crippen LogP contribution < -0.4 is 0 Å². The number of unbranched alkanes of at least 4 members (excludes halogenated alkanes) is 4. The van der Waals surface area contributed by atoms with E-state index in [1.165, 1.54) is 14.0 Å². The number of methoxy groups -OCH3 is 1. The second-order valence-corrected chi connectivity index (χ2v) is 3.43. The van der Waals surface area contributed by atoms with Gasteiger partial charge in [0.25, 0.3) is 0 Å². The standard InChI is InChI=1S/C7H12O2.C5H8O3/c8-6-4-2-1-3-5-7-9;1-4(6)3-5(7)8-2/h6-7H,1-5H2;3H2,1-2H3. The van der Waals surface area contributed by atoms with Gasteiger partial charge in [-0.3, -0.25) is 9.59 Å². The van der Waals surface area contributed by atoms with E-state index in [2.05, 4.69) is 4.74 Å². The van der Waals surface area contributed by atoms with Gasteiger partial charge in [-0.05, 0) is 19.8 Å². The molecule has 0 bridgehead atoms. The average molecular weight is 244 g/mol. The summed E-state index contributed by atoms with van der Waals surface area (Å²) in [4.78, 5) is 39.8. The first-order chi connectivity index (χ1) is 8.08. The Morgan fingerprint density at radius 3 is 1.71 bits per heavy atom. The fourth-order valence-corrected chi connectivity index (χ4v) is 0.908. The molecule has 0 aliphatic heterocycles. The summed E-state index contributed by atoms with van der Waals surface area (Å²) < 4.78 is 4.20. The number of carbonyl (C=O) groups excluding carboxylic acids is 4. The van der Waals surface area contributed by atoms with E-state index in [1.54, 1.807) is 0 Å². The number of esters is 1. The molecular weight excluding hydrogens is 224 g/mol. The molecule has 0 heterocycles. The van der Waals surface area contributed by atoms with Gasteiger partial charge >= 0.3 is 5.97 Å². The Bertz CT molecular complexity index is 225. The molecule has 17 heavy (non-hydrogen) atoms. The van der Waals surface area contributed by atoms with Gasteiger partial charge in [-0.2, -0.15) is 0 Å². The lowest BCUT2D eigenvalue weighted by atomic mass is 10.2. The molecule has 0 unspecified atom stereocenters. The van der Waals surface area contributed by atoms with Crippen molar-refractivity contribution < 1.29 is 23.9 Å². The number of aldehydes is 2. The maximum atomic E-state index is 10.2. The number of ketones is 1. The van der Waals surface area contributed by atoms with Gasteiger partial charge in [0.2, 0.25) is 0 Å². The minimum Gasteiger partial charge on any atom is -0.469 e. The van der Waals surface area contributed by atoms with E-state index in [0.29, 0.717) is 12.8 Å². The molecule has 0 aromatic rings. The number of rotatable bonds is 8. The molecule has 98 valence electrons. The molecule has 0 spiro atoms. The van der Waals surface area contributed by atoms with Crippen LogP contribution >= 0.6 is 0 Å². The Kier molecular flexibility index (Phi) is 15.2. The normalized spacial score (nSPS) is 8.59. The van der Waals surface area contributed by atoms with Crippen LogP contribution in [0.2, 0.25) is 0 Å². The molecule has 0 amide bonds. The molecule has 0 radical (unpaired) electrons. The van der Waals surface area contributed by atoms with E-state index in [9.17, 15) is 19.2 Å². The Morgan fingerprint density at radius 2 is 1.47 bits per heavy atom. The number of ether oxygens (including phenoxy) is 1. The second-order valence-electron chi connectivity index (χ2n) is 3.43. The number of Topliss-reactive ketones (excluding diaryl/α,β-unsaturated/α-hetero) is 1. The third kappa shape index (κ3) is 20.5. The van der Waals surface area contributed by atoms with Crippen molar-refractivity contribution in [2.45, 2.75) is 45.4 Å². The monoisotopic (exact) mass is 244 g/mol. The molecule has 5 nitrogen and oxygen atoms in total. The summed E-state index contributed by atoms with van der Waals surface area (Å²) in [6.45, 7) is 1.34. The van der Waals surface area contributed by atoms with Crippen molar-refractivity contribution in [1.82, 2.24) is 0 Å². The first-order valence-corrected chi connectivity index (χ1v) is 5.52. The van der Waals surface area contributed by atoms with E-state index in [0.717, 1.165) is 31.8 Å². The highest BCUT2D eigenvalue weighted by Gasteiger charge is 2.01. The summed E-state index contributed by atoms with van der Waals surface area (Å²) in [5, 5.41) is 0. The molecule has 0 saturated heterocycles. The molecule has 0 atom stereocenters. The van der Waals surface area contributed by atoms with Gasteiger partial charge < -0.3 is 14.3 Å². The van der Waals surface area contributed by atoms with E-state index in [1.807, 2.05) is 0 Å². The Labute approximate surface area is 102 Å². The van der Waals surface area contributed by atoms with Crippen molar-refractivity contribution in [3.8, 4) is 0 Å². The van der Waals surface area contributed by atoms with Gasteiger partial charge in [-0.25, -0.2) is 0 Å². The third-order valence-corrected chi connectivity index (χ3v) is 1.76. The van der Waals surface area contributed by atoms with Crippen molar-refractivity contribution in [3.05, 3.63) is 0 Å². The zero-order chi connectivity index (χ0) is 13.5. The van der Waals surface area contributed by atoms with E-state index in [-0.39, 0.29) is 12.2 Å². The predicted molar refractivity (Wildman–Crippen MR) is 62.5 cm³/mol. The van der Waals surface area contributed by atoms with Crippen LogP contribution in [0.4, 0.5) is 0 Å². The molecule has 0 N–H and O–H groups in total. The topological polar surface area (TPSA) is 77.5 Å². The first kappa shape index (κ1) is 17.9. The lowest BCUT2D eigenvalue weighted by Gasteiger charge is -1.90. The molecule has 0 aliphatic rings. The van der Waals surface area contributed by atoms with Gasteiger partial charge in [0.1, 0.15) is 24.8 Å². The molecule has 0 fully saturated rings. The van der Waals surface area contributed by atoms with Crippen LogP contribution in [0.15, 0.2) is 0 Å². The number of hydrogen-bond donors (Lipinski definition) is 0. The van der Waals surface area contributed by atoms with Crippen molar-refractivity contribution in [2.75, 3.05) is 7.11 Å². The second kappa shape index (κ2) is 14.5. The lowest BCUT2D eigenvalue weighted by molar-refractivity contribution is -0.143. The highest BCUT2D eigenvalue weighted by molar-refractivity contribution is 5.93. The zero-order valence-electron chi connectivity index (χ0n) is 10.4. The molecule has 0 saturated carbocycles. The summed E-state index contributed by atoms with van der Waals surface area (Å²) in [6, 6.07) is 0. The molecule has 0 aromatic carbocycles. The first-order valence-electron chi connectivity index (χ1n) is 5.52. The number of hydrogen-bond acceptors (Lipinski definition) is 5. The highest BCUT2D eigenvalue weighted by Crippen LogP contribution is 1.98. The SMILES string of the molecule is COC(=O)CC(C)=O.O=CCCCCCC=O. The largest absolute Gasteiger partial charge is 0.469 e. The smallest absolute Gasteiger partial charge is 0.313 e. The van der Waals surface area contributed by atoms with Crippen molar-refractivity contribution in [2.24, 2.45) is 0 Å². The highest BCUT2D eigenvalue weighted by atomic mass is 16.5. The number of carbonyl (C=O) groups is 4. The van der Waals surface area contributed by atoms with Gasteiger partial charge in [-0.15, -0.1) is 0 Å². The summed E-state index contributed by atoms with van der Waals surface area (Å²) in [6.07, 6.45) is 5.85. The van der Waals surface area contributed by atoms with Crippen molar-refractivity contribution in [1.29, 1.82) is 0 Å². The van der Waals surface area contributed by atoms with Crippen LogP contribution in [0.1, 0.15) is 45.4 Å². The van der Waals surface area contributed by atoms with Crippen molar-refractivity contribution in [3.63, 3.8) is 0 Å². The molecule has 0 aliphatic carbocycles. The lowest BCUT2D eigenvalue weighted by Crippen LogP contribution is -2.05. The maximum Gasteiger partial charge on any atom is 0.313 e. The van der Waals surface area contributed by atoms with Gasteiger partial charge in [-0.1, -0.05) is 6.42 Å². The van der Waals surface area contributed by atoms with E-state index < -0.39 is 5.97 Å². The quantitative estimate of drug-likeness (QED) is 0.279. The molecule has 0 rings (SSSR count). The summed E-state index contributed by atoms with van der Waals surface area (Å²) in [7, 11) is 1.26. The summed E-state index contributed by atoms with van der Waals surface area (Å²) in [5.74, 6) is -0.644. The Balaban J connectivity index is 0. The van der Waals surface area contributed by atoms with Crippen LogP contribution in [-0.2, 0) is 23.9 Å². The summed E-state index contributed by atoms with van der Waals surface area (Å²) in [5.41, 5.74) is 0. The molecule has 0 aromatic heterocycles. The Morgan fingerprint density at radius 1 is 1.00 bits per heavy atom. The van der Waals surface area contributed by atoms with Crippen LogP contribution in [0.3, 0.4) is 0 Å². The van der Waals surface area contributed by atoms with Gasteiger partial charge in [0, 0.05) is 12.8 Å². The fourth-order valence-electron chi connectivity index (χ4n) is 0.908. The summed E-state index contributed by atoms with van der Waals surface area (Å²) >= 11 is 0. The zero-order valence-corrected chi connectivity index (χ0v) is 10.4. The van der Waals surface area contributed by atoms with E-state index >= 15 is 0 Å². The molecular formula is C12H20O5. The minimum atomic E-state index is -0.475. The van der Waals surface area contributed by atoms with Crippen LogP contribution in [-0.4, -0.2) is 31.4 Å². The Hall–Kier alpha value is -1.52. The van der Waals surface area contributed by atoms with Crippen molar-refractivity contribution >= 4 is 24.3 Å². The fraction of sp³-hybridized carbons (Fsp3) is 0.667. The van der Waals surface area contributed by atoms with Gasteiger partial charge in [0.15, 0.2) is 0 Å². The van der Waals surface area contributed by atoms with E-state index in [4.69, 9.17) is 0 Å². The minimum absolute atomic E-state index is 0.115. The third-order valence-electron chi connectivity index (χ3n) is 1.76.